The molecule has 0 aliphatic heterocycles. The topological polar surface area (TPSA) is 66.9 Å². The second-order valence-electron chi connectivity index (χ2n) is 2.44. The average Bonchev–Trinajstić information content (AvgIpc) is 2.35. The third-order valence-corrected chi connectivity index (χ3v) is 1.78. The molecule has 0 radical (unpaired) electrons. The molecule has 0 spiro atoms. The van der Waals surface area contributed by atoms with Gasteiger partial charge in [0.25, 0.3) is 0 Å². The van der Waals surface area contributed by atoms with Gasteiger partial charge in [-0.25, -0.2) is 0 Å². The normalized spacial score (nSPS) is 20.3. The lowest BCUT2D eigenvalue weighted by molar-refractivity contribution is -0.124. The summed E-state index contributed by atoms with van der Waals surface area (Å²) >= 11 is 0. The van der Waals surface area contributed by atoms with Gasteiger partial charge in [-0.1, -0.05) is 12.2 Å². The van der Waals surface area contributed by atoms with Crippen LogP contribution in [-0.2, 0) is 4.79 Å². The fourth-order valence-corrected chi connectivity index (χ4v) is 1.000. The maximum Gasteiger partial charge on any atom is 0.238 e. The molecule has 10 heavy (non-hydrogen) atoms. The third kappa shape index (κ3) is 0.781. The molecule has 0 unspecified atom stereocenters. The van der Waals surface area contributed by atoms with Gasteiger partial charge in [0.1, 0.15) is 5.41 Å². The summed E-state index contributed by atoms with van der Waals surface area (Å²) in [6, 6.07) is 1.94. The van der Waals surface area contributed by atoms with Gasteiger partial charge < -0.3 is 5.73 Å². The van der Waals surface area contributed by atoms with Crippen LogP contribution in [0.3, 0.4) is 0 Å². The van der Waals surface area contributed by atoms with Gasteiger partial charge >= 0.3 is 0 Å². The molecule has 0 fully saturated rings. The molecule has 0 saturated carbocycles. The Bertz CT molecular complexity index is 216. The number of amides is 1. The van der Waals surface area contributed by atoms with Crippen LogP contribution >= 0.6 is 0 Å². The van der Waals surface area contributed by atoms with E-state index in [4.69, 9.17) is 11.0 Å². The number of nitrogens with zero attached hydrogens (tertiary/aromatic N) is 1. The first-order valence-electron chi connectivity index (χ1n) is 3.07. The first kappa shape index (κ1) is 6.81. The van der Waals surface area contributed by atoms with Gasteiger partial charge in [0, 0.05) is 0 Å². The Morgan fingerprint density at radius 1 is 1.60 bits per heavy atom. The largest absolute Gasteiger partial charge is 0.368 e. The van der Waals surface area contributed by atoms with Crippen LogP contribution in [0.15, 0.2) is 12.2 Å². The first-order valence-corrected chi connectivity index (χ1v) is 3.07. The molecule has 1 amide bonds. The average molecular weight is 136 g/mol. The maximum atomic E-state index is 10.7. The van der Waals surface area contributed by atoms with Crippen molar-refractivity contribution in [2.24, 2.45) is 11.1 Å². The number of primary amides is 1. The minimum atomic E-state index is -0.931. The van der Waals surface area contributed by atoms with E-state index < -0.39 is 11.3 Å². The van der Waals surface area contributed by atoms with E-state index in [-0.39, 0.29) is 0 Å². The molecule has 2 N–H and O–H groups in total. The Balaban J connectivity index is 2.84. The van der Waals surface area contributed by atoms with Crippen LogP contribution in [0.2, 0.25) is 0 Å². The molecule has 0 saturated heterocycles. The predicted molar refractivity (Wildman–Crippen MR) is 35.6 cm³/mol. The van der Waals surface area contributed by atoms with Crippen LogP contribution in [0, 0.1) is 16.7 Å². The van der Waals surface area contributed by atoms with Crippen molar-refractivity contribution in [2.75, 3.05) is 0 Å². The zero-order valence-electron chi connectivity index (χ0n) is 5.50. The highest BCUT2D eigenvalue weighted by Crippen LogP contribution is 2.31. The second-order valence-corrected chi connectivity index (χ2v) is 2.44. The minimum Gasteiger partial charge on any atom is -0.368 e. The molecule has 3 nitrogen and oxygen atoms in total. The van der Waals surface area contributed by atoms with E-state index in [1.165, 1.54) is 0 Å². The Morgan fingerprint density at radius 3 is 2.30 bits per heavy atom. The summed E-state index contributed by atoms with van der Waals surface area (Å²) < 4.78 is 0. The minimum absolute atomic E-state index is 0.471. The van der Waals surface area contributed by atoms with E-state index in [1.807, 2.05) is 18.2 Å². The standard InChI is InChI=1S/C7H8N2O/c8-5-7(6(9)10)3-1-2-4-7/h1-2H,3-4H2,(H2,9,10). The Kier molecular flexibility index (Phi) is 1.46. The molecule has 1 rings (SSSR count). The van der Waals surface area contributed by atoms with E-state index >= 15 is 0 Å². The van der Waals surface area contributed by atoms with Crippen LogP contribution in [0.1, 0.15) is 12.8 Å². The lowest BCUT2D eigenvalue weighted by Gasteiger charge is -2.13. The molecular weight excluding hydrogens is 128 g/mol. The van der Waals surface area contributed by atoms with Gasteiger partial charge in [-0.2, -0.15) is 5.26 Å². The summed E-state index contributed by atoms with van der Waals surface area (Å²) in [5.41, 5.74) is 4.11. The SMILES string of the molecule is N#CC1(C(N)=O)CC=CC1. The van der Waals surface area contributed by atoms with Crippen molar-refractivity contribution in [1.82, 2.24) is 0 Å². The number of hydrogen-bond donors (Lipinski definition) is 1. The number of hydrogen-bond acceptors (Lipinski definition) is 2. The quantitative estimate of drug-likeness (QED) is 0.528. The van der Waals surface area contributed by atoms with Gasteiger partial charge in [-0.05, 0) is 12.8 Å². The van der Waals surface area contributed by atoms with Crippen molar-refractivity contribution in [3.8, 4) is 6.07 Å². The molecule has 0 atom stereocenters. The van der Waals surface area contributed by atoms with Crippen molar-refractivity contribution < 1.29 is 4.79 Å². The molecule has 0 aromatic rings. The van der Waals surface area contributed by atoms with E-state index in [2.05, 4.69) is 0 Å². The highest BCUT2D eigenvalue weighted by molar-refractivity contribution is 5.84. The monoisotopic (exact) mass is 136 g/mol. The maximum absolute atomic E-state index is 10.7. The van der Waals surface area contributed by atoms with Crippen LogP contribution < -0.4 is 5.73 Å². The molecule has 0 bridgehead atoms. The van der Waals surface area contributed by atoms with Crippen LogP contribution in [0.4, 0.5) is 0 Å². The summed E-state index contributed by atoms with van der Waals surface area (Å²) in [4.78, 5) is 10.7. The van der Waals surface area contributed by atoms with Crippen molar-refractivity contribution in [3.63, 3.8) is 0 Å². The molecule has 1 aliphatic carbocycles. The molecule has 0 heterocycles. The summed E-state index contributed by atoms with van der Waals surface area (Å²) in [6.45, 7) is 0. The number of allylic oxidation sites excluding steroid dienone is 2. The van der Waals surface area contributed by atoms with Gasteiger partial charge in [-0.3, -0.25) is 4.79 Å². The molecule has 52 valence electrons. The molecule has 0 aromatic carbocycles. The van der Waals surface area contributed by atoms with E-state index in [9.17, 15) is 4.79 Å². The van der Waals surface area contributed by atoms with Crippen molar-refractivity contribution in [2.45, 2.75) is 12.8 Å². The lowest BCUT2D eigenvalue weighted by Crippen LogP contribution is -2.33. The number of nitrogens with two attached hydrogens (primary N) is 1. The van der Waals surface area contributed by atoms with E-state index in [0.717, 1.165) is 0 Å². The Hall–Kier alpha value is -1.30. The van der Waals surface area contributed by atoms with Gasteiger partial charge in [0.15, 0.2) is 0 Å². The zero-order chi connectivity index (χ0) is 7.61. The number of rotatable bonds is 1. The predicted octanol–water partition coefficient (Wildman–Crippen LogP) is 0.332. The summed E-state index contributed by atoms with van der Waals surface area (Å²) in [5.74, 6) is -0.514. The van der Waals surface area contributed by atoms with Gasteiger partial charge in [-0.15, -0.1) is 0 Å². The number of carbonyl (C=O) groups is 1. The summed E-state index contributed by atoms with van der Waals surface area (Å²) in [6.07, 6.45) is 4.57. The van der Waals surface area contributed by atoms with Crippen LogP contribution in [-0.4, -0.2) is 5.91 Å². The zero-order valence-corrected chi connectivity index (χ0v) is 5.50. The van der Waals surface area contributed by atoms with Crippen molar-refractivity contribution in [3.05, 3.63) is 12.2 Å². The summed E-state index contributed by atoms with van der Waals surface area (Å²) in [5, 5.41) is 8.60. The molecule has 1 aliphatic rings. The smallest absolute Gasteiger partial charge is 0.238 e. The van der Waals surface area contributed by atoms with Crippen LogP contribution in [0.25, 0.3) is 0 Å². The van der Waals surface area contributed by atoms with Crippen LogP contribution in [0.5, 0.6) is 0 Å². The fraction of sp³-hybridized carbons (Fsp3) is 0.429. The second kappa shape index (κ2) is 2.14. The molecule has 3 heteroatoms. The number of nitriles is 1. The first-order chi connectivity index (χ1) is 4.71. The number of carbonyl (C=O) groups excluding carboxylic acids is 1. The highest BCUT2D eigenvalue weighted by atomic mass is 16.1. The Morgan fingerprint density at radius 2 is 2.10 bits per heavy atom. The fourth-order valence-electron chi connectivity index (χ4n) is 1.000. The van der Waals surface area contributed by atoms with E-state index in [1.54, 1.807) is 0 Å². The van der Waals surface area contributed by atoms with Gasteiger partial charge in [0.05, 0.1) is 6.07 Å². The van der Waals surface area contributed by atoms with E-state index in [0.29, 0.717) is 12.8 Å². The lowest BCUT2D eigenvalue weighted by atomic mass is 9.87. The third-order valence-electron chi connectivity index (χ3n) is 1.78. The van der Waals surface area contributed by atoms with Crippen molar-refractivity contribution in [1.29, 1.82) is 5.26 Å². The molecule has 0 aromatic heterocycles. The Labute approximate surface area is 59.1 Å². The van der Waals surface area contributed by atoms with Gasteiger partial charge in [0.2, 0.25) is 5.91 Å². The highest BCUT2D eigenvalue weighted by Gasteiger charge is 2.36. The summed E-state index contributed by atoms with van der Waals surface area (Å²) in [7, 11) is 0. The molecular formula is C7H8N2O. The van der Waals surface area contributed by atoms with Crippen molar-refractivity contribution >= 4 is 5.91 Å².